The van der Waals surface area contributed by atoms with E-state index >= 15 is 4.39 Å². The molecular formula is C22H18F6NO2P. The van der Waals surface area contributed by atoms with Crippen molar-refractivity contribution in [2.45, 2.75) is 18.5 Å². The minimum absolute atomic E-state index is 0.0114. The first kappa shape index (κ1) is 25.3. The standard InChI is InChI=1S/C22H18F6NO2P/c1-13(23)3-9-18(14(2)24)20(30)22(28,32)19-10-6-16(11-29-19)15-4-7-17(8-5-15)31-12-21(25,26)27/h3-11H,2,12,32H2,1H3/b13-3+,18-9+. The Morgan fingerprint density at radius 2 is 1.66 bits per heavy atom. The molecule has 1 heterocycles. The normalized spacial score (nSPS) is 14.6. The Bertz CT molecular complexity index is 1040. The fourth-order valence-electron chi connectivity index (χ4n) is 2.49. The fraction of sp³-hybridized carbons (Fsp3) is 0.182. The minimum atomic E-state index is -4.46. The lowest BCUT2D eigenvalue weighted by Gasteiger charge is -2.19. The van der Waals surface area contributed by atoms with Crippen molar-refractivity contribution < 1.29 is 35.9 Å². The van der Waals surface area contributed by atoms with Gasteiger partial charge in [-0.25, -0.2) is 13.2 Å². The quantitative estimate of drug-likeness (QED) is 0.189. The summed E-state index contributed by atoms with van der Waals surface area (Å²) in [6, 6.07) is 8.25. The molecular weight excluding hydrogens is 455 g/mol. The molecule has 1 aromatic carbocycles. The third-order valence-electron chi connectivity index (χ3n) is 4.07. The lowest BCUT2D eigenvalue weighted by atomic mass is 10.0. The van der Waals surface area contributed by atoms with Gasteiger partial charge in [-0.05, 0) is 42.8 Å². The van der Waals surface area contributed by atoms with E-state index in [1.807, 2.05) is 0 Å². The zero-order valence-corrected chi connectivity index (χ0v) is 17.9. The number of benzene rings is 1. The number of nitrogens with zero attached hydrogens (tertiary/aromatic N) is 1. The van der Waals surface area contributed by atoms with Gasteiger partial charge in [0, 0.05) is 11.8 Å². The minimum Gasteiger partial charge on any atom is -0.484 e. The monoisotopic (exact) mass is 473 g/mol. The van der Waals surface area contributed by atoms with E-state index in [0.29, 0.717) is 11.1 Å². The van der Waals surface area contributed by atoms with Gasteiger partial charge in [-0.3, -0.25) is 9.78 Å². The second-order valence-electron chi connectivity index (χ2n) is 6.64. The molecule has 32 heavy (non-hydrogen) atoms. The van der Waals surface area contributed by atoms with Crippen molar-refractivity contribution in [3.63, 3.8) is 0 Å². The van der Waals surface area contributed by atoms with Crippen LogP contribution in [-0.4, -0.2) is 23.6 Å². The van der Waals surface area contributed by atoms with E-state index in [2.05, 4.69) is 16.3 Å². The molecule has 10 heteroatoms. The number of carbonyl (C=O) groups excluding carboxylic acids is 1. The topological polar surface area (TPSA) is 39.2 Å². The summed E-state index contributed by atoms with van der Waals surface area (Å²) in [5, 5.41) is -2.81. The predicted octanol–water partition coefficient (Wildman–Crippen LogP) is 6.54. The number of hydrogen-bond donors (Lipinski definition) is 0. The molecule has 3 nitrogen and oxygen atoms in total. The number of ether oxygens (including phenoxy) is 1. The van der Waals surface area contributed by atoms with Crippen LogP contribution in [0.4, 0.5) is 26.3 Å². The highest BCUT2D eigenvalue weighted by Crippen LogP contribution is 2.38. The van der Waals surface area contributed by atoms with Crippen molar-refractivity contribution in [1.29, 1.82) is 0 Å². The van der Waals surface area contributed by atoms with Gasteiger partial charge in [0.25, 0.3) is 0 Å². The van der Waals surface area contributed by atoms with Crippen LogP contribution in [0.25, 0.3) is 11.1 Å². The van der Waals surface area contributed by atoms with Crippen LogP contribution < -0.4 is 4.74 Å². The molecule has 2 rings (SSSR count). The van der Waals surface area contributed by atoms with Gasteiger partial charge in [-0.15, -0.1) is 0 Å². The van der Waals surface area contributed by atoms with E-state index in [1.54, 1.807) is 9.24 Å². The average molecular weight is 473 g/mol. The summed E-state index contributed by atoms with van der Waals surface area (Å²) in [7, 11) is 1.66. The largest absolute Gasteiger partial charge is 0.484 e. The maximum Gasteiger partial charge on any atom is 0.422 e. The maximum absolute atomic E-state index is 15.2. The number of hydrogen-bond acceptors (Lipinski definition) is 3. The van der Waals surface area contributed by atoms with Crippen molar-refractivity contribution in [1.82, 2.24) is 4.98 Å². The van der Waals surface area contributed by atoms with E-state index in [9.17, 15) is 26.7 Å². The second-order valence-corrected chi connectivity index (χ2v) is 7.44. The van der Waals surface area contributed by atoms with Gasteiger partial charge in [0.15, 0.2) is 6.61 Å². The zero-order valence-electron chi connectivity index (χ0n) is 16.7. The maximum atomic E-state index is 15.2. The van der Waals surface area contributed by atoms with Crippen LogP contribution in [0.5, 0.6) is 5.75 Å². The summed E-state index contributed by atoms with van der Waals surface area (Å²) >= 11 is 0. The molecule has 2 unspecified atom stereocenters. The number of ketones is 1. The molecule has 0 aliphatic rings. The van der Waals surface area contributed by atoms with Gasteiger partial charge >= 0.3 is 6.18 Å². The van der Waals surface area contributed by atoms with Gasteiger partial charge < -0.3 is 4.74 Å². The molecule has 0 spiro atoms. The van der Waals surface area contributed by atoms with Crippen LogP contribution in [-0.2, 0) is 10.2 Å². The molecule has 1 aromatic heterocycles. The molecule has 0 aliphatic carbocycles. The average Bonchev–Trinajstić information content (AvgIpc) is 2.71. The Kier molecular flexibility index (Phi) is 8.02. The highest BCUT2D eigenvalue weighted by atomic mass is 31.0. The number of aromatic nitrogens is 1. The van der Waals surface area contributed by atoms with E-state index in [0.717, 1.165) is 19.1 Å². The van der Waals surface area contributed by atoms with E-state index < -0.39 is 41.2 Å². The van der Waals surface area contributed by atoms with Crippen molar-refractivity contribution >= 4 is 15.0 Å². The summed E-state index contributed by atoms with van der Waals surface area (Å²) in [5.74, 6) is -3.26. The molecule has 0 saturated heterocycles. The molecule has 0 aliphatic heterocycles. The Labute approximate surface area is 182 Å². The number of Topliss-reactive ketones (excluding diaryl/α,β-unsaturated/α-hetero) is 1. The Morgan fingerprint density at radius 3 is 2.12 bits per heavy atom. The Hall–Kier alpha value is -2.93. The number of halogens is 6. The molecule has 0 amide bonds. The molecule has 0 bridgehead atoms. The second kappa shape index (κ2) is 10.1. The number of rotatable bonds is 8. The Balaban J connectivity index is 2.23. The van der Waals surface area contributed by atoms with Gasteiger partial charge in [0.2, 0.25) is 11.2 Å². The first-order chi connectivity index (χ1) is 14.8. The van der Waals surface area contributed by atoms with Gasteiger partial charge in [-0.2, -0.15) is 13.2 Å². The summed E-state index contributed by atoms with van der Waals surface area (Å²) in [5.41, 5.74) is -0.0791. The lowest BCUT2D eigenvalue weighted by Crippen LogP contribution is -2.27. The third-order valence-corrected chi connectivity index (χ3v) is 4.63. The van der Waals surface area contributed by atoms with Gasteiger partial charge in [0.05, 0.1) is 17.1 Å². The van der Waals surface area contributed by atoms with Gasteiger partial charge in [-0.1, -0.05) is 34.0 Å². The smallest absolute Gasteiger partial charge is 0.422 e. The lowest BCUT2D eigenvalue weighted by molar-refractivity contribution is -0.153. The number of carbonyl (C=O) groups is 1. The number of pyridine rings is 1. The van der Waals surface area contributed by atoms with Crippen LogP contribution in [0.15, 0.2) is 78.6 Å². The van der Waals surface area contributed by atoms with Crippen LogP contribution in [0, 0.1) is 0 Å². The van der Waals surface area contributed by atoms with Crippen LogP contribution in [0.1, 0.15) is 12.6 Å². The van der Waals surface area contributed by atoms with Crippen LogP contribution in [0.3, 0.4) is 0 Å². The highest BCUT2D eigenvalue weighted by molar-refractivity contribution is 7.20. The number of alkyl halides is 4. The summed E-state index contributed by atoms with van der Waals surface area (Å²) in [4.78, 5) is 16.4. The summed E-state index contributed by atoms with van der Waals surface area (Å²) in [6.07, 6.45) is -1.63. The SMILES string of the molecule is C=C(F)/C(=C\C=C(/C)F)C(=O)C(F)(P)c1ccc(-c2ccc(OCC(F)(F)F)cc2)cn1. The molecule has 0 N–H and O–H groups in total. The first-order valence-electron chi connectivity index (χ1n) is 8.99. The van der Waals surface area contributed by atoms with E-state index in [-0.39, 0.29) is 11.4 Å². The highest BCUT2D eigenvalue weighted by Gasteiger charge is 2.39. The summed E-state index contributed by atoms with van der Waals surface area (Å²) < 4.78 is 83.0. The van der Waals surface area contributed by atoms with Gasteiger partial charge in [0.1, 0.15) is 11.6 Å². The zero-order chi connectivity index (χ0) is 24.1. The van der Waals surface area contributed by atoms with Crippen LogP contribution >= 0.6 is 9.24 Å². The van der Waals surface area contributed by atoms with E-state index in [1.165, 1.54) is 42.6 Å². The van der Waals surface area contributed by atoms with Crippen molar-refractivity contribution in [2.75, 3.05) is 6.61 Å². The Morgan fingerprint density at radius 1 is 1.06 bits per heavy atom. The molecule has 2 aromatic rings. The third kappa shape index (κ3) is 6.79. The van der Waals surface area contributed by atoms with Crippen molar-refractivity contribution in [3.05, 3.63) is 84.2 Å². The van der Waals surface area contributed by atoms with Crippen molar-refractivity contribution in [2.24, 2.45) is 0 Å². The van der Waals surface area contributed by atoms with E-state index in [4.69, 9.17) is 0 Å². The number of allylic oxidation sites excluding steroid dienone is 5. The molecule has 170 valence electrons. The molecule has 0 radical (unpaired) electrons. The predicted molar refractivity (Wildman–Crippen MR) is 112 cm³/mol. The fourth-order valence-corrected chi connectivity index (χ4v) is 2.81. The molecule has 0 fully saturated rings. The molecule has 2 atom stereocenters. The molecule has 0 saturated carbocycles. The van der Waals surface area contributed by atoms with Crippen molar-refractivity contribution in [3.8, 4) is 16.9 Å². The van der Waals surface area contributed by atoms with Crippen LogP contribution in [0.2, 0.25) is 0 Å². The first-order valence-corrected chi connectivity index (χ1v) is 9.57. The summed E-state index contributed by atoms with van der Waals surface area (Å²) in [6.45, 7) is 2.62.